The van der Waals surface area contributed by atoms with Gasteiger partial charge < -0.3 is 19.7 Å². The Labute approximate surface area is 159 Å². The monoisotopic (exact) mass is 374 g/mol. The molecule has 0 aliphatic carbocycles. The van der Waals surface area contributed by atoms with E-state index in [1.807, 2.05) is 19.1 Å². The molecule has 6 nitrogen and oxygen atoms in total. The highest BCUT2D eigenvalue weighted by molar-refractivity contribution is 5.94. The molecule has 0 radical (unpaired) electrons. The van der Waals surface area contributed by atoms with Gasteiger partial charge in [0.1, 0.15) is 17.4 Å². The van der Waals surface area contributed by atoms with Crippen molar-refractivity contribution in [1.82, 2.24) is 0 Å². The molecule has 0 aromatic heterocycles. The molecule has 1 aromatic carbocycles. The summed E-state index contributed by atoms with van der Waals surface area (Å²) < 4.78 is 10.1. The fraction of sp³-hybridized carbons (Fsp3) is 0.429. The van der Waals surface area contributed by atoms with Crippen LogP contribution in [-0.2, 0) is 20.7 Å². The minimum atomic E-state index is -0.665. The first-order valence-electron chi connectivity index (χ1n) is 9.01. The van der Waals surface area contributed by atoms with Crippen molar-refractivity contribution in [3.63, 3.8) is 0 Å². The number of cyclic esters (lactones) is 1. The van der Waals surface area contributed by atoms with Gasteiger partial charge in [-0.25, -0.2) is 9.59 Å². The number of aliphatic hydroxyl groups is 1. The summed E-state index contributed by atoms with van der Waals surface area (Å²) in [6.45, 7) is 1.93. The van der Waals surface area contributed by atoms with E-state index >= 15 is 0 Å². The van der Waals surface area contributed by atoms with Crippen LogP contribution in [0.2, 0.25) is 0 Å². The number of allylic oxidation sites excluding steroid dienone is 2. The molecule has 2 N–H and O–H groups in total. The van der Waals surface area contributed by atoms with Crippen LogP contribution < -0.4 is 0 Å². The molecule has 1 aromatic rings. The van der Waals surface area contributed by atoms with E-state index in [0.29, 0.717) is 18.4 Å². The summed E-state index contributed by atoms with van der Waals surface area (Å²) in [6.07, 6.45) is 7.07. The molecule has 0 saturated carbocycles. The fourth-order valence-electron chi connectivity index (χ4n) is 2.96. The number of phenols is 1. The molecule has 1 aliphatic rings. The summed E-state index contributed by atoms with van der Waals surface area (Å²) in [5, 5.41) is 20.6. The van der Waals surface area contributed by atoms with Crippen LogP contribution in [0.3, 0.4) is 0 Å². The number of carbonyl (C=O) groups is 2. The van der Waals surface area contributed by atoms with Crippen LogP contribution in [0.25, 0.3) is 0 Å². The van der Waals surface area contributed by atoms with Gasteiger partial charge in [0, 0.05) is 18.9 Å². The summed E-state index contributed by atoms with van der Waals surface area (Å²) in [4.78, 5) is 23.9. The number of carbonyl (C=O) groups excluding carboxylic acids is 2. The number of ether oxygens (including phenoxy) is 2. The minimum Gasteiger partial charge on any atom is -0.507 e. The molecule has 0 bridgehead atoms. The Kier molecular flexibility index (Phi) is 7.61. The lowest BCUT2D eigenvalue weighted by molar-refractivity contribution is -0.134. The summed E-state index contributed by atoms with van der Waals surface area (Å²) >= 11 is 0. The van der Waals surface area contributed by atoms with Gasteiger partial charge in [-0.15, -0.1) is 0 Å². The van der Waals surface area contributed by atoms with E-state index < -0.39 is 24.1 Å². The van der Waals surface area contributed by atoms with Gasteiger partial charge in [0.05, 0.1) is 13.2 Å². The smallest absolute Gasteiger partial charge is 0.342 e. The molecule has 1 aliphatic heterocycles. The number of aromatic hydroxyl groups is 1. The van der Waals surface area contributed by atoms with E-state index in [-0.39, 0.29) is 30.1 Å². The lowest BCUT2D eigenvalue weighted by Crippen LogP contribution is -2.28. The molecule has 0 amide bonds. The minimum absolute atomic E-state index is 0.00453. The zero-order chi connectivity index (χ0) is 19.8. The second-order valence-corrected chi connectivity index (χ2v) is 6.69. The van der Waals surface area contributed by atoms with E-state index in [1.54, 1.807) is 18.2 Å². The van der Waals surface area contributed by atoms with E-state index in [2.05, 4.69) is 4.74 Å². The lowest BCUT2D eigenvalue weighted by Gasteiger charge is -2.24. The molecule has 0 saturated heterocycles. The van der Waals surface area contributed by atoms with Gasteiger partial charge in [0.25, 0.3) is 0 Å². The van der Waals surface area contributed by atoms with Crippen molar-refractivity contribution in [2.45, 2.75) is 44.8 Å². The molecule has 0 spiro atoms. The van der Waals surface area contributed by atoms with E-state index in [4.69, 9.17) is 4.74 Å². The van der Waals surface area contributed by atoms with Gasteiger partial charge in [-0.2, -0.15) is 0 Å². The number of hydrogen-bond donors (Lipinski definition) is 2. The average molecular weight is 374 g/mol. The number of fused-ring (bicyclic) bond motifs is 1. The van der Waals surface area contributed by atoms with E-state index in [0.717, 1.165) is 0 Å². The quantitative estimate of drug-likeness (QED) is 0.480. The Balaban J connectivity index is 2.29. The van der Waals surface area contributed by atoms with Crippen LogP contribution >= 0.6 is 0 Å². The Morgan fingerprint density at radius 1 is 1.37 bits per heavy atom. The number of hydrogen-bond acceptors (Lipinski definition) is 6. The number of benzene rings is 1. The lowest BCUT2D eigenvalue weighted by atomic mass is 9.93. The number of methoxy groups -OCH3 is 1. The maximum atomic E-state index is 12.7. The van der Waals surface area contributed by atoms with Gasteiger partial charge in [-0.3, -0.25) is 0 Å². The van der Waals surface area contributed by atoms with Crippen molar-refractivity contribution in [2.24, 2.45) is 5.92 Å². The third-order valence-electron chi connectivity index (χ3n) is 4.63. The van der Waals surface area contributed by atoms with Crippen LogP contribution in [-0.4, -0.2) is 41.5 Å². The largest absolute Gasteiger partial charge is 0.507 e. The molecule has 0 fully saturated rings. The molecule has 27 heavy (non-hydrogen) atoms. The Morgan fingerprint density at radius 3 is 2.89 bits per heavy atom. The maximum absolute atomic E-state index is 12.7. The summed E-state index contributed by atoms with van der Waals surface area (Å²) in [7, 11) is 1.28. The van der Waals surface area contributed by atoms with Crippen molar-refractivity contribution in [3.8, 4) is 5.75 Å². The Bertz CT molecular complexity index is 721. The average Bonchev–Trinajstić information content (AvgIpc) is 2.63. The molecule has 1 heterocycles. The third kappa shape index (κ3) is 5.96. The van der Waals surface area contributed by atoms with E-state index in [9.17, 15) is 19.8 Å². The summed E-state index contributed by atoms with van der Waals surface area (Å²) in [5.74, 6) is -1.29. The fourth-order valence-corrected chi connectivity index (χ4v) is 2.96. The number of rotatable bonds is 3. The predicted octanol–water partition coefficient (Wildman–Crippen LogP) is 2.93. The topological polar surface area (TPSA) is 93.1 Å². The summed E-state index contributed by atoms with van der Waals surface area (Å²) in [6, 6.07) is 4.90. The second-order valence-electron chi connectivity index (χ2n) is 6.69. The predicted molar refractivity (Wildman–Crippen MR) is 100 cm³/mol. The molecule has 2 rings (SSSR count). The van der Waals surface area contributed by atoms with Crippen LogP contribution in [0.5, 0.6) is 5.75 Å². The zero-order valence-electron chi connectivity index (χ0n) is 15.6. The van der Waals surface area contributed by atoms with Gasteiger partial charge in [0.2, 0.25) is 0 Å². The highest BCUT2D eigenvalue weighted by Gasteiger charge is 2.25. The Hall–Kier alpha value is -2.60. The van der Waals surface area contributed by atoms with Crippen LogP contribution in [0.15, 0.2) is 42.5 Å². The molecular weight excluding hydrogens is 348 g/mol. The SMILES string of the molecule is COC(=O)C=CC[C@H]1C[C@@H](O)[C@@H](C)CC=CCc2cccc(O)c2C(=O)O1. The van der Waals surface area contributed by atoms with Crippen molar-refractivity contribution < 1.29 is 29.3 Å². The second kappa shape index (κ2) is 9.92. The number of phenolic OH excluding ortho intramolecular Hbond substituents is 1. The first-order valence-corrected chi connectivity index (χ1v) is 9.01. The van der Waals surface area contributed by atoms with Crippen LogP contribution in [0, 0.1) is 5.92 Å². The van der Waals surface area contributed by atoms with Gasteiger partial charge in [-0.1, -0.05) is 37.3 Å². The maximum Gasteiger partial charge on any atom is 0.342 e. The van der Waals surface area contributed by atoms with Gasteiger partial charge in [-0.05, 0) is 30.4 Å². The zero-order valence-corrected chi connectivity index (χ0v) is 15.6. The molecule has 146 valence electrons. The summed E-state index contributed by atoms with van der Waals surface area (Å²) in [5.41, 5.74) is 0.807. The first kappa shape index (κ1) is 20.7. The van der Waals surface area contributed by atoms with Crippen LogP contribution in [0.4, 0.5) is 0 Å². The number of aliphatic hydroxyl groups excluding tert-OH is 1. The molecule has 6 heteroatoms. The van der Waals surface area contributed by atoms with Crippen molar-refractivity contribution >= 4 is 11.9 Å². The first-order chi connectivity index (χ1) is 12.9. The van der Waals surface area contributed by atoms with Crippen molar-refractivity contribution in [2.75, 3.05) is 7.11 Å². The van der Waals surface area contributed by atoms with Gasteiger partial charge >= 0.3 is 11.9 Å². The van der Waals surface area contributed by atoms with Crippen LogP contribution in [0.1, 0.15) is 42.1 Å². The molecular formula is C21H26O6. The highest BCUT2D eigenvalue weighted by atomic mass is 16.5. The molecule has 0 unspecified atom stereocenters. The Morgan fingerprint density at radius 2 is 2.15 bits per heavy atom. The van der Waals surface area contributed by atoms with E-state index in [1.165, 1.54) is 19.3 Å². The molecule has 3 atom stereocenters. The van der Waals surface area contributed by atoms with Gasteiger partial charge in [0.15, 0.2) is 0 Å². The van der Waals surface area contributed by atoms with Crippen molar-refractivity contribution in [1.29, 1.82) is 0 Å². The number of esters is 2. The normalized spacial score (nSPS) is 23.8. The highest BCUT2D eigenvalue weighted by Crippen LogP contribution is 2.26. The standard InChI is InChI=1S/C21H26O6/c1-14-7-3-4-8-15-9-5-11-17(22)20(15)21(25)27-16(13-18(14)23)10-6-12-19(24)26-2/h3-6,9,11-12,14,16,18,22-23H,7-8,10,13H2,1-2H3/t14-,16-,18+/m0/s1. The third-order valence-corrected chi connectivity index (χ3v) is 4.63. The van der Waals surface area contributed by atoms with Crippen molar-refractivity contribution in [3.05, 3.63) is 53.6 Å².